The van der Waals surface area contributed by atoms with Crippen molar-refractivity contribution in [2.45, 2.75) is 0 Å². The number of aromatic nitrogens is 2. The minimum absolute atomic E-state index is 0.579. The summed E-state index contributed by atoms with van der Waals surface area (Å²) in [5.74, 6) is 3.19. The van der Waals surface area contributed by atoms with Crippen LogP contribution in [-0.4, -0.2) is 31.3 Å². The van der Waals surface area contributed by atoms with Gasteiger partial charge in [0.05, 0.1) is 32.7 Å². The maximum Gasteiger partial charge on any atom is 0.142 e. The van der Waals surface area contributed by atoms with Crippen LogP contribution in [0.4, 0.5) is 23.0 Å². The van der Waals surface area contributed by atoms with Gasteiger partial charge in [-0.05, 0) is 30.3 Å². The van der Waals surface area contributed by atoms with Crippen molar-refractivity contribution in [3.8, 4) is 17.2 Å². The SMILES string of the molecule is COc1ccc(OC)c(Nc2cc(Nc3cc(Cl)ccc3OC)ncn2)c1. The molecule has 0 bridgehead atoms. The third-order valence-corrected chi connectivity index (χ3v) is 4.00. The number of ether oxygens (including phenoxy) is 3. The highest BCUT2D eigenvalue weighted by Crippen LogP contribution is 2.33. The Labute approximate surface area is 162 Å². The van der Waals surface area contributed by atoms with Crippen LogP contribution in [0, 0.1) is 0 Å². The number of halogens is 1. The van der Waals surface area contributed by atoms with E-state index in [9.17, 15) is 0 Å². The predicted octanol–water partition coefficient (Wildman–Crippen LogP) is 4.64. The standard InChI is InChI=1S/C19H19ClN4O3/c1-25-13-5-7-17(27-3)15(9-13)24-19-10-18(21-11-22-19)23-14-8-12(20)4-6-16(14)26-2/h4-11H,1-3H3,(H2,21,22,23,24). The fraction of sp³-hybridized carbons (Fsp3) is 0.158. The number of hydrogen-bond donors (Lipinski definition) is 2. The molecule has 27 heavy (non-hydrogen) atoms. The molecule has 0 fully saturated rings. The summed E-state index contributed by atoms with van der Waals surface area (Å²) in [6.07, 6.45) is 1.45. The number of anilines is 4. The first-order valence-electron chi connectivity index (χ1n) is 8.04. The van der Waals surface area contributed by atoms with Gasteiger partial charge >= 0.3 is 0 Å². The molecule has 1 heterocycles. The summed E-state index contributed by atoms with van der Waals surface area (Å²) in [7, 11) is 4.80. The van der Waals surface area contributed by atoms with Crippen molar-refractivity contribution < 1.29 is 14.2 Å². The van der Waals surface area contributed by atoms with Crippen molar-refractivity contribution in [3.63, 3.8) is 0 Å². The summed E-state index contributed by atoms with van der Waals surface area (Å²) in [6.45, 7) is 0. The van der Waals surface area contributed by atoms with Gasteiger partial charge in [0.1, 0.15) is 35.2 Å². The van der Waals surface area contributed by atoms with Crippen LogP contribution in [-0.2, 0) is 0 Å². The molecule has 0 saturated heterocycles. The maximum absolute atomic E-state index is 6.07. The third kappa shape index (κ3) is 4.51. The highest BCUT2D eigenvalue weighted by Gasteiger charge is 2.09. The minimum Gasteiger partial charge on any atom is -0.497 e. The highest BCUT2D eigenvalue weighted by atomic mass is 35.5. The first-order valence-corrected chi connectivity index (χ1v) is 8.42. The van der Waals surface area contributed by atoms with Gasteiger partial charge in [0.25, 0.3) is 0 Å². The van der Waals surface area contributed by atoms with Gasteiger partial charge in [-0.3, -0.25) is 0 Å². The predicted molar refractivity (Wildman–Crippen MR) is 106 cm³/mol. The van der Waals surface area contributed by atoms with Crippen LogP contribution in [0.2, 0.25) is 5.02 Å². The maximum atomic E-state index is 6.07. The van der Waals surface area contributed by atoms with Crippen molar-refractivity contribution in [2.75, 3.05) is 32.0 Å². The molecule has 7 nitrogen and oxygen atoms in total. The van der Waals surface area contributed by atoms with E-state index in [0.717, 1.165) is 5.69 Å². The Bertz CT molecular complexity index is 937. The molecule has 3 rings (SSSR count). The lowest BCUT2D eigenvalue weighted by molar-refractivity contribution is 0.405. The molecule has 0 amide bonds. The quantitative estimate of drug-likeness (QED) is 0.612. The fourth-order valence-electron chi connectivity index (χ4n) is 2.46. The lowest BCUT2D eigenvalue weighted by atomic mass is 10.2. The van der Waals surface area contributed by atoms with Gasteiger partial charge < -0.3 is 24.8 Å². The molecule has 8 heteroatoms. The number of rotatable bonds is 7. The van der Waals surface area contributed by atoms with Crippen molar-refractivity contribution in [3.05, 3.63) is 53.8 Å². The van der Waals surface area contributed by atoms with Gasteiger partial charge in [-0.15, -0.1) is 0 Å². The van der Waals surface area contributed by atoms with Gasteiger partial charge in [-0.25, -0.2) is 9.97 Å². The summed E-state index contributed by atoms with van der Waals surface area (Å²) < 4.78 is 16.0. The second kappa shape index (κ2) is 8.46. The van der Waals surface area contributed by atoms with Crippen molar-refractivity contribution in [1.82, 2.24) is 9.97 Å². The zero-order valence-electron chi connectivity index (χ0n) is 15.1. The van der Waals surface area contributed by atoms with Gasteiger partial charge in [-0.1, -0.05) is 11.6 Å². The van der Waals surface area contributed by atoms with Crippen LogP contribution in [0.3, 0.4) is 0 Å². The summed E-state index contributed by atoms with van der Waals surface area (Å²) >= 11 is 6.07. The lowest BCUT2D eigenvalue weighted by Crippen LogP contribution is -2.01. The van der Waals surface area contributed by atoms with Gasteiger partial charge in [0, 0.05) is 17.2 Å². The molecule has 0 atom stereocenters. The number of benzene rings is 2. The van der Waals surface area contributed by atoms with Gasteiger partial charge in [0.2, 0.25) is 0 Å². The van der Waals surface area contributed by atoms with Crippen LogP contribution < -0.4 is 24.8 Å². The number of nitrogens with one attached hydrogen (secondary N) is 2. The van der Waals surface area contributed by atoms with E-state index in [0.29, 0.717) is 39.6 Å². The molecule has 3 aromatic rings. The molecule has 1 aromatic heterocycles. The van der Waals surface area contributed by atoms with Crippen LogP contribution in [0.25, 0.3) is 0 Å². The Kier molecular flexibility index (Phi) is 5.83. The van der Waals surface area contributed by atoms with E-state index >= 15 is 0 Å². The second-order valence-corrected chi connectivity index (χ2v) is 5.89. The van der Waals surface area contributed by atoms with E-state index in [4.69, 9.17) is 25.8 Å². The van der Waals surface area contributed by atoms with E-state index in [-0.39, 0.29) is 0 Å². The molecule has 2 N–H and O–H groups in total. The number of nitrogens with zero attached hydrogens (tertiary/aromatic N) is 2. The van der Waals surface area contributed by atoms with E-state index in [1.807, 2.05) is 18.2 Å². The summed E-state index contributed by atoms with van der Waals surface area (Å²) in [5, 5.41) is 6.99. The normalized spacial score (nSPS) is 10.2. The van der Waals surface area contributed by atoms with Crippen molar-refractivity contribution in [2.24, 2.45) is 0 Å². The van der Waals surface area contributed by atoms with E-state index in [2.05, 4.69) is 20.6 Å². The number of hydrogen-bond acceptors (Lipinski definition) is 7. The summed E-state index contributed by atoms with van der Waals surface area (Å²) in [5.41, 5.74) is 1.43. The van der Waals surface area contributed by atoms with Crippen molar-refractivity contribution >= 4 is 34.6 Å². The van der Waals surface area contributed by atoms with E-state index < -0.39 is 0 Å². The average molecular weight is 387 g/mol. The first-order chi connectivity index (χ1) is 13.1. The van der Waals surface area contributed by atoms with Crippen LogP contribution in [0.15, 0.2) is 48.8 Å². The molecule has 0 unspecified atom stereocenters. The second-order valence-electron chi connectivity index (χ2n) is 5.45. The molecule has 0 aliphatic carbocycles. The Morgan fingerprint density at radius 1 is 0.741 bits per heavy atom. The fourth-order valence-corrected chi connectivity index (χ4v) is 2.63. The molecule has 0 spiro atoms. The molecular weight excluding hydrogens is 368 g/mol. The Hall–Kier alpha value is -3.19. The minimum atomic E-state index is 0.579. The molecular formula is C19H19ClN4O3. The topological polar surface area (TPSA) is 77.5 Å². The van der Waals surface area contributed by atoms with E-state index in [1.165, 1.54) is 6.33 Å². The van der Waals surface area contributed by atoms with Gasteiger partial charge in [0.15, 0.2) is 0 Å². The first kappa shape index (κ1) is 18.6. The largest absolute Gasteiger partial charge is 0.497 e. The Morgan fingerprint density at radius 2 is 1.33 bits per heavy atom. The van der Waals surface area contributed by atoms with Crippen LogP contribution in [0.5, 0.6) is 17.2 Å². The van der Waals surface area contributed by atoms with Crippen molar-refractivity contribution in [1.29, 1.82) is 0 Å². The number of methoxy groups -OCH3 is 3. The molecule has 140 valence electrons. The monoisotopic (exact) mass is 386 g/mol. The summed E-state index contributed by atoms with van der Waals surface area (Å²) in [4.78, 5) is 8.49. The van der Waals surface area contributed by atoms with Gasteiger partial charge in [-0.2, -0.15) is 0 Å². The molecule has 2 aromatic carbocycles. The molecule has 0 radical (unpaired) electrons. The highest BCUT2D eigenvalue weighted by molar-refractivity contribution is 6.31. The lowest BCUT2D eigenvalue weighted by Gasteiger charge is -2.14. The van der Waals surface area contributed by atoms with E-state index in [1.54, 1.807) is 45.6 Å². The van der Waals surface area contributed by atoms with Crippen LogP contribution >= 0.6 is 11.6 Å². The zero-order chi connectivity index (χ0) is 19.2. The zero-order valence-corrected chi connectivity index (χ0v) is 15.9. The Morgan fingerprint density at radius 3 is 1.93 bits per heavy atom. The van der Waals surface area contributed by atoms with Crippen LogP contribution in [0.1, 0.15) is 0 Å². The average Bonchev–Trinajstić information content (AvgIpc) is 2.68. The molecule has 0 saturated carbocycles. The smallest absolute Gasteiger partial charge is 0.142 e. The Balaban J connectivity index is 1.86. The molecule has 0 aliphatic rings. The molecule has 0 aliphatic heterocycles. The summed E-state index contributed by atoms with van der Waals surface area (Å²) in [6, 6.07) is 12.5. The third-order valence-electron chi connectivity index (χ3n) is 3.76.